The molecule has 0 spiro atoms. The van der Waals surface area contributed by atoms with Crippen LogP contribution in [-0.4, -0.2) is 15.8 Å². The molecule has 4 nitrogen and oxygen atoms in total. The van der Waals surface area contributed by atoms with Gasteiger partial charge in [0.05, 0.1) is 5.69 Å². The van der Waals surface area contributed by atoms with Gasteiger partial charge < -0.3 is 10.1 Å². The number of nitrogens with zero attached hydrogens (tertiary/aromatic N) is 2. The normalized spacial score (nSPS) is 15.4. The molecule has 0 unspecified atom stereocenters. The van der Waals surface area contributed by atoms with E-state index in [1.54, 1.807) is 0 Å². The van der Waals surface area contributed by atoms with Gasteiger partial charge in [-0.15, -0.1) is 0 Å². The van der Waals surface area contributed by atoms with E-state index in [9.17, 15) is 8.78 Å². The fraction of sp³-hybridized carbons (Fsp3) is 0.571. The van der Waals surface area contributed by atoms with E-state index in [1.807, 2.05) is 10.7 Å². The van der Waals surface area contributed by atoms with Crippen molar-refractivity contribution < 1.29 is 13.5 Å². The number of rotatable bonds is 8. The monoisotopic (exact) mass is 377 g/mol. The molecule has 1 heterocycles. The van der Waals surface area contributed by atoms with E-state index < -0.39 is 11.6 Å². The predicted octanol–water partition coefficient (Wildman–Crippen LogP) is 4.82. The summed E-state index contributed by atoms with van der Waals surface area (Å²) in [7, 11) is 0. The van der Waals surface area contributed by atoms with E-state index in [2.05, 4.69) is 24.3 Å². The molecule has 0 radical (unpaired) electrons. The summed E-state index contributed by atoms with van der Waals surface area (Å²) in [5.74, 6) is 0.284. The molecule has 0 atom stereocenters. The van der Waals surface area contributed by atoms with Crippen molar-refractivity contribution in [3.63, 3.8) is 0 Å². The molecule has 0 bridgehead atoms. The van der Waals surface area contributed by atoms with Gasteiger partial charge in [-0.05, 0) is 37.0 Å². The first-order valence-corrected chi connectivity index (χ1v) is 9.88. The SMILES string of the molecule is CC(C)NCc1cc(OCc2cc(F)ccc2F)n(CC2CCCCC2)n1. The van der Waals surface area contributed by atoms with Crippen molar-refractivity contribution in [3.05, 3.63) is 47.2 Å². The first-order valence-electron chi connectivity index (χ1n) is 9.88. The molecule has 1 aliphatic carbocycles. The van der Waals surface area contributed by atoms with Crippen molar-refractivity contribution in [1.82, 2.24) is 15.1 Å². The fourth-order valence-electron chi connectivity index (χ4n) is 3.51. The van der Waals surface area contributed by atoms with Crippen LogP contribution in [0, 0.1) is 17.6 Å². The maximum Gasteiger partial charge on any atom is 0.212 e. The molecule has 3 rings (SSSR count). The maximum atomic E-state index is 13.9. The lowest BCUT2D eigenvalue weighted by molar-refractivity contribution is 0.242. The summed E-state index contributed by atoms with van der Waals surface area (Å²) < 4.78 is 35.0. The van der Waals surface area contributed by atoms with Crippen LogP contribution in [0.25, 0.3) is 0 Å². The third kappa shape index (κ3) is 5.76. The zero-order valence-electron chi connectivity index (χ0n) is 16.2. The molecule has 0 saturated heterocycles. The van der Waals surface area contributed by atoms with Crippen LogP contribution in [0.2, 0.25) is 0 Å². The summed E-state index contributed by atoms with van der Waals surface area (Å²) in [6.07, 6.45) is 6.24. The minimum atomic E-state index is -0.465. The summed E-state index contributed by atoms with van der Waals surface area (Å²) in [5.41, 5.74) is 1.11. The topological polar surface area (TPSA) is 39.1 Å². The first-order chi connectivity index (χ1) is 13.0. The standard InChI is InChI=1S/C21H29F2N3O/c1-15(2)24-12-19-11-21(26(25-19)13-16-6-4-3-5-7-16)27-14-17-10-18(22)8-9-20(17)23/h8-11,15-16,24H,3-7,12-14H2,1-2H3. The zero-order chi connectivity index (χ0) is 19.2. The molecule has 1 aliphatic rings. The van der Waals surface area contributed by atoms with Crippen LogP contribution in [0.1, 0.15) is 57.2 Å². The number of hydrogen-bond acceptors (Lipinski definition) is 3. The third-order valence-electron chi connectivity index (χ3n) is 5.02. The molecule has 1 aromatic heterocycles. The maximum absolute atomic E-state index is 13.9. The molecule has 0 amide bonds. The van der Waals surface area contributed by atoms with Crippen molar-refractivity contribution >= 4 is 0 Å². The molecule has 2 aromatic rings. The lowest BCUT2D eigenvalue weighted by Gasteiger charge is -2.22. The second kappa shape index (κ2) is 9.31. The van der Waals surface area contributed by atoms with E-state index in [-0.39, 0.29) is 12.2 Å². The molecule has 1 fully saturated rings. The highest BCUT2D eigenvalue weighted by atomic mass is 19.1. The van der Waals surface area contributed by atoms with Crippen molar-refractivity contribution in [3.8, 4) is 5.88 Å². The molecule has 148 valence electrons. The van der Waals surface area contributed by atoms with Crippen LogP contribution < -0.4 is 10.1 Å². The number of benzene rings is 1. The lowest BCUT2D eigenvalue weighted by atomic mass is 9.89. The number of nitrogens with one attached hydrogen (secondary N) is 1. The molecule has 27 heavy (non-hydrogen) atoms. The van der Waals surface area contributed by atoms with Gasteiger partial charge in [0.25, 0.3) is 0 Å². The summed E-state index contributed by atoms with van der Waals surface area (Å²) in [4.78, 5) is 0. The highest BCUT2D eigenvalue weighted by Gasteiger charge is 2.18. The third-order valence-corrected chi connectivity index (χ3v) is 5.02. The minimum Gasteiger partial charge on any atom is -0.473 e. The molecule has 1 N–H and O–H groups in total. The van der Waals surface area contributed by atoms with Gasteiger partial charge in [-0.1, -0.05) is 33.1 Å². The highest BCUT2D eigenvalue weighted by molar-refractivity contribution is 5.21. The summed E-state index contributed by atoms with van der Waals surface area (Å²) in [5, 5.41) is 8.05. The Balaban J connectivity index is 1.72. The Kier molecular flexibility index (Phi) is 6.83. The summed E-state index contributed by atoms with van der Waals surface area (Å²) in [6, 6.07) is 5.68. The zero-order valence-corrected chi connectivity index (χ0v) is 16.2. The Morgan fingerprint density at radius 3 is 2.70 bits per heavy atom. The number of hydrogen-bond donors (Lipinski definition) is 1. The Labute approximate surface area is 159 Å². The molecule has 6 heteroatoms. The smallest absolute Gasteiger partial charge is 0.212 e. The number of aromatic nitrogens is 2. The Bertz CT molecular complexity index is 739. The van der Waals surface area contributed by atoms with Gasteiger partial charge in [0.15, 0.2) is 0 Å². The van der Waals surface area contributed by atoms with Crippen molar-refractivity contribution in [2.45, 2.75) is 71.7 Å². The van der Waals surface area contributed by atoms with Crippen LogP contribution in [-0.2, 0) is 19.7 Å². The number of ether oxygens (including phenoxy) is 1. The van der Waals surface area contributed by atoms with Gasteiger partial charge in [0.2, 0.25) is 5.88 Å². The molecular formula is C21H29F2N3O. The Morgan fingerprint density at radius 2 is 1.96 bits per heavy atom. The van der Waals surface area contributed by atoms with Gasteiger partial charge in [0, 0.05) is 30.8 Å². The molecule has 1 aromatic carbocycles. The fourth-order valence-corrected chi connectivity index (χ4v) is 3.51. The van der Waals surface area contributed by atoms with Crippen LogP contribution >= 0.6 is 0 Å². The van der Waals surface area contributed by atoms with Gasteiger partial charge in [-0.3, -0.25) is 0 Å². The number of halogens is 2. The van der Waals surface area contributed by atoms with Crippen LogP contribution in [0.5, 0.6) is 5.88 Å². The quantitative estimate of drug-likeness (QED) is 0.717. The van der Waals surface area contributed by atoms with E-state index in [1.165, 1.54) is 38.2 Å². The Hall–Kier alpha value is -1.95. The van der Waals surface area contributed by atoms with Crippen LogP contribution in [0.15, 0.2) is 24.3 Å². The predicted molar refractivity (Wildman–Crippen MR) is 101 cm³/mol. The van der Waals surface area contributed by atoms with Crippen molar-refractivity contribution in [1.29, 1.82) is 0 Å². The van der Waals surface area contributed by atoms with Gasteiger partial charge in [-0.2, -0.15) is 5.10 Å². The van der Waals surface area contributed by atoms with E-state index in [0.29, 0.717) is 24.4 Å². The molecule has 0 aliphatic heterocycles. The first kappa shape index (κ1) is 19.8. The van der Waals surface area contributed by atoms with Gasteiger partial charge in [0.1, 0.15) is 18.2 Å². The van der Waals surface area contributed by atoms with Crippen LogP contribution in [0.3, 0.4) is 0 Å². The summed E-state index contributed by atoms with van der Waals surface area (Å²) >= 11 is 0. The van der Waals surface area contributed by atoms with Gasteiger partial charge >= 0.3 is 0 Å². The summed E-state index contributed by atoms with van der Waals surface area (Å²) in [6.45, 7) is 5.62. The Morgan fingerprint density at radius 1 is 1.19 bits per heavy atom. The minimum absolute atomic E-state index is 0.0169. The highest BCUT2D eigenvalue weighted by Crippen LogP contribution is 2.27. The van der Waals surface area contributed by atoms with Crippen molar-refractivity contribution in [2.24, 2.45) is 5.92 Å². The molecular weight excluding hydrogens is 348 g/mol. The van der Waals surface area contributed by atoms with Gasteiger partial charge in [-0.25, -0.2) is 13.5 Å². The van der Waals surface area contributed by atoms with E-state index in [0.717, 1.165) is 24.4 Å². The van der Waals surface area contributed by atoms with E-state index >= 15 is 0 Å². The second-order valence-corrected chi connectivity index (χ2v) is 7.72. The average Bonchev–Trinajstić information content (AvgIpc) is 3.03. The van der Waals surface area contributed by atoms with Crippen molar-refractivity contribution in [2.75, 3.05) is 0 Å². The largest absolute Gasteiger partial charge is 0.473 e. The average molecular weight is 377 g/mol. The molecule has 1 saturated carbocycles. The van der Waals surface area contributed by atoms with E-state index in [4.69, 9.17) is 4.74 Å². The lowest BCUT2D eigenvalue weighted by Crippen LogP contribution is -2.22. The van der Waals surface area contributed by atoms with Crippen LogP contribution in [0.4, 0.5) is 8.78 Å². The second-order valence-electron chi connectivity index (χ2n) is 7.72.